The summed E-state index contributed by atoms with van der Waals surface area (Å²) in [4.78, 5) is 33.7. The van der Waals surface area contributed by atoms with Gasteiger partial charge in [-0.3, -0.25) is 9.59 Å². The van der Waals surface area contributed by atoms with Gasteiger partial charge in [-0.15, -0.1) is 0 Å². The molecular formula is C23H26N4O4. The van der Waals surface area contributed by atoms with Crippen LogP contribution in [-0.2, 0) is 16.1 Å². The number of ether oxygens (including phenoxy) is 2. The maximum atomic E-state index is 12.7. The molecule has 1 aromatic heterocycles. The standard InChI is InChI=1S/C23H26N4O4/c28-22-11-17(15-27(22)18-4-5-19-20(12-18)31-10-9-30-19)23(29)25-14-16-3-6-21(24-13-16)26-7-1-2-8-26/h3-6,12-13,17H,1-2,7-11,14-15H2,(H,25,29)/t17-/m0/s1. The molecule has 4 heterocycles. The lowest BCUT2D eigenvalue weighted by Gasteiger charge is -2.22. The maximum absolute atomic E-state index is 12.7. The van der Waals surface area contributed by atoms with Crippen LogP contribution >= 0.6 is 0 Å². The number of hydrogen-bond donors (Lipinski definition) is 1. The average Bonchev–Trinajstić information content (AvgIpc) is 3.48. The average molecular weight is 422 g/mol. The highest BCUT2D eigenvalue weighted by atomic mass is 16.6. The van der Waals surface area contributed by atoms with Gasteiger partial charge in [-0.2, -0.15) is 0 Å². The zero-order chi connectivity index (χ0) is 21.2. The number of aromatic nitrogens is 1. The zero-order valence-electron chi connectivity index (χ0n) is 17.4. The highest BCUT2D eigenvalue weighted by Gasteiger charge is 2.35. The van der Waals surface area contributed by atoms with Gasteiger partial charge < -0.3 is 24.6 Å². The fourth-order valence-corrected chi connectivity index (χ4v) is 4.32. The number of anilines is 2. The molecule has 1 aromatic carbocycles. The van der Waals surface area contributed by atoms with Crippen molar-refractivity contribution in [2.24, 2.45) is 5.92 Å². The highest BCUT2D eigenvalue weighted by Crippen LogP contribution is 2.36. The molecule has 0 saturated carbocycles. The lowest BCUT2D eigenvalue weighted by molar-refractivity contribution is -0.126. The van der Waals surface area contributed by atoms with E-state index in [0.717, 1.165) is 30.2 Å². The van der Waals surface area contributed by atoms with Crippen LogP contribution in [0.15, 0.2) is 36.5 Å². The van der Waals surface area contributed by atoms with Crippen LogP contribution in [0.5, 0.6) is 11.5 Å². The first-order valence-corrected chi connectivity index (χ1v) is 10.8. The molecule has 2 saturated heterocycles. The summed E-state index contributed by atoms with van der Waals surface area (Å²) in [5.41, 5.74) is 1.68. The molecular weight excluding hydrogens is 396 g/mol. The number of fused-ring (bicyclic) bond motifs is 1. The predicted octanol–water partition coefficient (Wildman–Crippen LogP) is 2.12. The fraction of sp³-hybridized carbons (Fsp3) is 0.435. The Labute approximate surface area is 181 Å². The highest BCUT2D eigenvalue weighted by molar-refractivity contribution is 6.00. The first-order chi connectivity index (χ1) is 15.2. The van der Waals surface area contributed by atoms with Gasteiger partial charge in [0.25, 0.3) is 0 Å². The summed E-state index contributed by atoms with van der Waals surface area (Å²) in [6, 6.07) is 9.46. The van der Waals surface area contributed by atoms with Gasteiger partial charge in [0, 0.05) is 50.6 Å². The van der Waals surface area contributed by atoms with Gasteiger partial charge in [0.1, 0.15) is 19.0 Å². The largest absolute Gasteiger partial charge is 0.486 e. The summed E-state index contributed by atoms with van der Waals surface area (Å²) in [7, 11) is 0. The van der Waals surface area contributed by atoms with Crippen LogP contribution < -0.4 is 24.6 Å². The molecule has 8 heteroatoms. The van der Waals surface area contributed by atoms with Gasteiger partial charge in [0.15, 0.2) is 11.5 Å². The fourth-order valence-electron chi connectivity index (χ4n) is 4.32. The van der Waals surface area contributed by atoms with Crippen molar-refractivity contribution in [3.63, 3.8) is 0 Å². The lowest BCUT2D eigenvalue weighted by atomic mass is 10.1. The Morgan fingerprint density at radius 3 is 2.68 bits per heavy atom. The molecule has 2 aromatic rings. The second kappa shape index (κ2) is 8.45. The summed E-state index contributed by atoms with van der Waals surface area (Å²) in [6.07, 6.45) is 4.44. The van der Waals surface area contributed by atoms with Crippen LogP contribution in [0.4, 0.5) is 11.5 Å². The van der Waals surface area contributed by atoms with Crippen molar-refractivity contribution in [1.29, 1.82) is 0 Å². The van der Waals surface area contributed by atoms with E-state index in [9.17, 15) is 9.59 Å². The molecule has 2 amide bonds. The normalized spacial score (nSPS) is 20.3. The molecule has 0 bridgehead atoms. The van der Waals surface area contributed by atoms with E-state index in [1.807, 2.05) is 30.5 Å². The molecule has 0 unspecified atom stereocenters. The van der Waals surface area contributed by atoms with Crippen molar-refractivity contribution in [1.82, 2.24) is 10.3 Å². The SMILES string of the molecule is O=C(NCc1ccc(N2CCCC2)nc1)[C@H]1CC(=O)N(c2ccc3c(c2)OCCO3)C1. The lowest BCUT2D eigenvalue weighted by Crippen LogP contribution is -2.32. The van der Waals surface area contributed by atoms with Crippen molar-refractivity contribution in [3.05, 3.63) is 42.1 Å². The van der Waals surface area contributed by atoms with E-state index in [2.05, 4.69) is 15.2 Å². The van der Waals surface area contributed by atoms with E-state index >= 15 is 0 Å². The smallest absolute Gasteiger partial charge is 0.227 e. The number of carbonyl (C=O) groups excluding carboxylic acids is 2. The number of amides is 2. The summed E-state index contributed by atoms with van der Waals surface area (Å²) in [6.45, 7) is 3.88. The Kier molecular flexibility index (Phi) is 5.36. The monoisotopic (exact) mass is 422 g/mol. The number of benzene rings is 1. The zero-order valence-corrected chi connectivity index (χ0v) is 17.4. The van der Waals surface area contributed by atoms with E-state index in [4.69, 9.17) is 9.47 Å². The van der Waals surface area contributed by atoms with Crippen molar-refractivity contribution < 1.29 is 19.1 Å². The third kappa shape index (κ3) is 4.15. The van der Waals surface area contributed by atoms with Gasteiger partial charge in [-0.25, -0.2) is 4.98 Å². The van der Waals surface area contributed by atoms with Gasteiger partial charge in [0.2, 0.25) is 11.8 Å². The molecule has 3 aliphatic rings. The van der Waals surface area contributed by atoms with Crippen molar-refractivity contribution in [2.45, 2.75) is 25.8 Å². The molecule has 0 spiro atoms. The maximum Gasteiger partial charge on any atom is 0.227 e. The Bertz CT molecular complexity index is 972. The van der Waals surface area contributed by atoms with E-state index in [-0.39, 0.29) is 24.2 Å². The minimum absolute atomic E-state index is 0.0616. The third-order valence-corrected chi connectivity index (χ3v) is 6.04. The topological polar surface area (TPSA) is 84.0 Å². The molecule has 3 aliphatic heterocycles. The van der Waals surface area contributed by atoms with Crippen molar-refractivity contribution in [2.75, 3.05) is 42.6 Å². The van der Waals surface area contributed by atoms with Crippen molar-refractivity contribution >= 4 is 23.3 Å². The number of nitrogens with zero attached hydrogens (tertiary/aromatic N) is 3. The summed E-state index contributed by atoms with van der Waals surface area (Å²) < 4.78 is 11.1. The summed E-state index contributed by atoms with van der Waals surface area (Å²) >= 11 is 0. The van der Waals surface area contributed by atoms with Crippen LogP contribution in [0.2, 0.25) is 0 Å². The molecule has 5 rings (SSSR count). The molecule has 162 valence electrons. The van der Waals surface area contributed by atoms with Crippen LogP contribution in [0.1, 0.15) is 24.8 Å². The second-order valence-corrected chi connectivity index (χ2v) is 8.17. The second-order valence-electron chi connectivity index (χ2n) is 8.17. The van der Waals surface area contributed by atoms with Gasteiger partial charge in [0.05, 0.1) is 5.92 Å². The molecule has 1 N–H and O–H groups in total. The molecule has 2 fully saturated rings. The number of pyridine rings is 1. The predicted molar refractivity (Wildman–Crippen MR) is 115 cm³/mol. The molecule has 1 atom stereocenters. The Morgan fingerprint density at radius 2 is 1.90 bits per heavy atom. The van der Waals surface area contributed by atoms with E-state index in [1.54, 1.807) is 11.0 Å². The number of hydrogen-bond acceptors (Lipinski definition) is 6. The van der Waals surface area contributed by atoms with Gasteiger partial charge in [-0.05, 0) is 36.6 Å². The summed E-state index contributed by atoms with van der Waals surface area (Å²) in [5.74, 6) is 1.75. The Hall–Kier alpha value is -3.29. The van der Waals surface area contributed by atoms with Crippen LogP contribution in [-0.4, -0.2) is 49.6 Å². The number of nitrogens with one attached hydrogen (secondary N) is 1. The minimum atomic E-state index is -0.377. The van der Waals surface area contributed by atoms with Crippen LogP contribution in [0.25, 0.3) is 0 Å². The first kappa shape index (κ1) is 19.7. The third-order valence-electron chi connectivity index (χ3n) is 6.04. The quantitative estimate of drug-likeness (QED) is 0.795. The van der Waals surface area contributed by atoms with Gasteiger partial charge >= 0.3 is 0 Å². The van der Waals surface area contributed by atoms with E-state index < -0.39 is 0 Å². The van der Waals surface area contributed by atoms with E-state index in [1.165, 1.54) is 12.8 Å². The number of carbonyl (C=O) groups is 2. The van der Waals surface area contributed by atoms with Crippen LogP contribution in [0, 0.1) is 5.92 Å². The molecule has 0 aliphatic carbocycles. The molecule has 31 heavy (non-hydrogen) atoms. The van der Waals surface area contributed by atoms with Crippen LogP contribution in [0.3, 0.4) is 0 Å². The van der Waals surface area contributed by atoms with Gasteiger partial charge in [-0.1, -0.05) is 6.07 Å². The minimum Gasteiger partial charge on any atom is -0.486 e. The Morgan fingerprint density at radius 1 is 1.10 bits per heavy atom. The molecule has 0 radical (unpaired) electrons. The summed E-state index contributed by atoms with van der Waals surface area (Å²) in [5, 5.41) is 2.96. The number of rotatable bonds is 5. The van der Waals surface area contributed by atoms with E-state index in [0.29, 0.717) is 37.8 Å². The Balaban J connectivity index is 1.17. The first-order valence-electron chi connectivity index (χ1n) is 10.8. The van der Waals surface area contributed by atoms with Crippen molar-refractivity contribution in [3.8, 4) is 11.5 Å². The molecule has 8 nitrogen and oxygen atoms in total.